The summed E-state index contributed by atoms with van der Waals surface area (Å²) >= 11 is 1.74. The van der Waals surface area contributed by atoms with Crippen LogP contribution < -0.4 is 56.8 Å². The average Bonchev–Trinajstić information content (AvgIpc) is 2.08. The molecular weight excluding hydrogens is 429 g/mol. The molecule has 0 saturated heterocycles. The molecule has 0 fully saturated rings. The first-order chi connectivity index (χ1) is 7.50. The SMILES string of the molecule is Cc1c(I)cc([B-](F)(F)F)cc1CS(=O)(=O)Cl.[K+]. The predicted molar refractivity (Wildman–Crippen MR) is 71.1 cm³/mol. The van der Waals surface area contributed by atoms with E-state index in [2.05, 4.69) is 0 Å². The Morgan fingerprint density at radius 3 is 2.22 bits per heavy atom. The van der Waals surface area contributed by atoms with Crippen LogP contribution in [0, 0.1) is 10.5 Å². The van der Waals surface area contributed by atoms with Gasteiger partial charge in [-0.15, -0.1) is 5.46 Å². The van der Waals surface area contributed by atoms with Gasteiger partial charge in [-0.1, -0.05) is 12.1 Å². The van der Waals surface area contributed by atoms with E-state index in [1.54, 1.807) is 29.5 Å². The molecule has 0 aliphatic heterocycles. The van der Waals surface area contributed by atoms with Crippen molar-refractivity contribution in [3.63, 3.8) is 0 Å². The van der Waals surface area contributed by atoms with Gasteiger partial charge in [0.2, 0.25) is 9.05 Å². The average molecular weight is 436 g/mol. The van der Waals surface area contributed by atoms with Gasteiger partial charge >= 0.3 is 58.4 Å². The van der Waals surface area contributed by atoms with Gasteiger partial charge in [-0.2, -0.15) is 0 Å². The Morgan fingerprint density at radius 1 is 1.33 bits per heavy atom. The van der Waals surface area contributed by atoms with Gasteiger partial charge < -0.3 is 12.9 Å². The fourth-order valence-corrected chi connectivity index (χ4v) is 3.01. The summed E-state index contributed by atoms with van der Waals surface area (Å²) in [4.78, 5) is 0. The summed E-state index contributed by atoms with van der Waals surface area (Å²) in [5.74, 6) is -0.601. The molecule has 0 radical (unpaired) electrons. The molecule has 0 amide bonds. The second-order valence-electron chi connectivity index (χ2n) is 3.54. The molecule has 18 heavy (non-hydrogen) atoms. The van der Waals surface area contributed by atoms with Crippen LogP contribution in [0.5, 0.6) is 0 Å². The third-order valence-electron chi connectivity index (χ3n) is 2.18. The first-order valence-corrected chi connectivity index (χ1v) is 7.97. The molecular formula is C8H7BClF3IKO2S. The van der Waals surface area contributed by atoms with E-state index in [0.717, 1.165) is 12.1 Å². The summed E-state index contributed by atoms with van der Waals surface area (Å²) in [6.45, 7) is -3.59. The standard InChI is InChI=1S/C8H7BClF3IO2S.K/c1-5-6(4-17(10,15)16)2-7(3-8(5)14)9(11,12)13;/h2-3H,4H2,1H3;/q-1;+1. The van der Waals surface area contributed by atoms with Crippen molar-refractivity contribution in [2.24, 2.45) is 0 Å². The third kappa shape index (κ3) is 5.98. The van der Waals surface area contributed by atoms with E-state index in [1.807, 2.05) is 0 Å². The molecule has 0 spiro atoms. The smallest absolute Gasteiger partial charge is 0.445 e. The molecule has 10 heteroatoms. The van der Waals surface area contributed by atoms with Crippen molar-refractivity contribution in [1.82, 2.24) is 0 Å². The zero-order valence-electron chi connectivity index (χ0n) is 9.55. The number of benzene rings is 1. The number of rotatable bonds is 3. The maximum atomic E-state index is 12.6. The van der Waals surface area contributed by atoms with Crippen LogP contribution in [0.25, 0.3) is 0 Å². The van der Waals surface area contributed by atoms with Gasteiger partial charge in [0.1, 0.15) is 0 Å². The van der Waals surface area contributed by atoms with Crippen molar-refractivity contribution < 1.29 is 72.7 Å². The van der Waals surface area contributed by atoms with Crippen LogP contribution in [0.15, 0.2) is 12.1 Å². The molecule has 1 aromatic carbocycles. The predicted octanol–water partition coefficient (Wildman–Crippen LogP) is -0.273. The fourth-order valence-electron chi connectivity index (χ4n) is 1.28. The van der Waals surface area contributed by atoms with Gasteiger partial charge in [-0.25, -0.2) is 8.42 Å². The van der Waals surface area contributed by atoms with Crippen LogP contribution in [0.3, 0.4) is 0 Å². The normalized spacial score (nSPS) is 12.1. The summed E-state index contributed by atoms with van der Waals surface area (Å²) in [6, 6.07) is 1.84. The Bertz CT molecular complexity index is 550. The summed E-state index contributed by atoms with van der Waals surface area (Å²) in [6.07, 6.45) is 0. The van der Waals surface area contributed by atoms with Gasteiger partial charge in [0.15, 0.2) is 0 Å². The second kappa shape index (κ2) is 7.10. The fraction of sp³-hybridized carbons (Fsp3) is 0.250. The van der Waals surface area contributed by atoms with Gasteiger partial charge in [0, 0.05) is 14.3 Å². The minimum atomic E-state index is -5.15. The van der Waals surface area contributed by atoms with Gasteiger partial charge in [0.25, 0.3) is 0 Å². The summed E-state index contributed by atoms with van der Waals surface area (Å²) < 4.78 is 60.0. The molecule has 0 atom stereocenters. The first kappa shape index (κ1) is 19.7. The van der Waals surface area contributed by atoms with Gasteiger partial charge in [-0.05, 0) is 40.6 Å². The molecule has 0 heterocycles. The Labute approximate surface area is 164 Å². The van der Waals surface area contributed by atoms with Crippen molar-refractivity contribution in [3.8, 4) is 0 Å². The molecule has 0 saturated carbocycles. The van der Waals surface area contributed by atoms with E-state index in [4.69, 9.17) is 10.7 Å². The van der Waals surface area contributed by atoms with E-state index < -0.39 is 27.2 Å². The van der Waals surface area contributed by atoms with Gasteiger partial charge in [0.05, 0.1) is 5.75 Å². The van der Waals surface area contributed by atoms with E-state index >= 15 is 0 Å². The molecule has 0 aliphatic rings. The molecule has 1 rings (SSSR count). The van der Waals surface area contributed by atoms with Crippen molar-refractivity contribution >= 4 is 54.8 Å². The van der Waals surface area contributed by atoms with E-state index in [1.165, 1.54) is 0 Å². The Balaban J connectivity index is 0.00000289. The van der Waals surface area contributed by atoms with Crippen LogP contribution >= 0.6 is 33.3 Å². The maximum Gasteiger partial charge on any atom is 1.00 e. The Kier molecular flexibility index (Phi) is 7.76. The summed E-state index contributed by atoms with van der Waals surface area (Å²) in [7, 11) is 1.18. The van der Waals surface area contributed by atoms with E-state index in [9.17, 15) is 21.4 Å². The van der Waals surface area contributed by atoms with Crippen molar-refractivity contribution in [3.05, 3.63) is 26.8 Å². The number of halogens is 5. The summed E-state index contributed by atoms with van der Waals surface area (Å²) in [5, 5.41) is 0. The Hall–Kier alpha value is 1.68. The minimum absolute atomic E-state index is 0. The van der Waals surface area contributed by atoms with Crippen molar-refractivity contribution in [2.75, 3.05) is 0 Å². The van der Waals surface area contributed by atoms with E-state index in [0.29, 0.717) is 9.13 Å². The first-order valence-electron chi connectivity index (χ1n) is 4.42. The molecule has 0 bridgehead atoms. The van der Waals surface area contributed by atoms with E-state index in [-0.39, 0.29) is 56.9 Å². The summed E-state index contributed by atoms with van der Waals surface area (Å²) in [5.41, 5.74) is -0.227. The Morgan fingerprint density at radius 2 is 1.83 bits per heavy atom. The topological polar surface area (TPSA) is 34.1 Å². The zero-order chi connectivity index (χ0) is 13.4. The minimum Gasteiger partial charge on any atom is -0.445 e. The monoisotopic (exact) mass is 436 g/mol. The molecule has 96 valence electrons. The molecule has 1 aromatic rings. The van der Waals surface area contributed by atoms with Crippen LogP contribution in [-0.4, -0.2) is 15.4 Å². The molecule has 0 N–H and O–H groups in total. The number of hydrogen-bond donors (Lipinski definition) is 0. The molecule has 0 aromatic heterocycles. The zero-order valence-corrected chi connectivity index (χ0v) is 16.4. The van der Waals surface area contributed by atoms with Crippen LogP contribution in [0.2, 0.25) is 0 Å². The molecule has 2 nitrogen and oxygen atoms in total. The quantitative estimate of drug-likeness (QED) is 0.371. The van der Waals surface area contributed by atoms with Crippen molar-refractivity contribution in [2.45, 2.75) is 12.7 Å². The third-order valence-corrected chi connectivity index (χ3v) is 4.28. The van der Waals surface area contributed by atoms with Crippen LogP contribution in [0.4, 0.5) is 12.9 Å². The van der Waals surface area contributed by atoms with Crippen LogP contribution in [0.1, 0.15) is 11.1 Å². The second-order valence-corrected chi connectivity index (χ2v) is 7.48. The largest absolute Gasteiger partial charge is 1.00 e. The van der Waals surface area contributed by atoms with Crippen molar-refractivity contribution in [1.29, 1.82) is 0 Å². The number of hydrogen-bond acceptors (Lipinski definition) is 2. The van der Waals surface area contributed by atoms with Crippen LogP contribution in [-0.2, 0) is 14.8 Å². The maximum absolute atomic E-state index is 12.6. The molecule has 0 aliphatic carbocycles. The molecule has 0 unspecified atom stereocenters. The van der Waals surface area contributed by atoms with Gasteiger partial charge in [-0.3, -0.25) is 0 Å².